The molecule has 0 aliphatic rings. The first kappa shape index (κ1) is 10.7. The van der Waals surface area contributed by atoms with Gasteiger partial charge in [0, 0.05) is 5.56 Å². The van der Waals surface area contributed by atoms with Gasteiger partial charge in [-0.2, -0.15) is 5.10 Å². The molecule has 1 heterocycles. The minimum atomic E-state index is -1.03. The van der Waals surface area contributed by atoms with Crippen LogP contribution in [0.3, 0.4) is 0 Å². The van der Waals surface area contributed by atoms with Gasteiger partial charge in [0.05, 0.1) is 11.8 Å². The molecule has 1 aromatic heterocycles. The quantitative estimate of drug-likeness (QED) is 0.709. The minimum Gasteiger partial charge on any atom is -0.478 e. The van der Waals surface area contributed by atoms with Crippen LogP contribution in [0.25, 0.3) is 0 Å². The molecule has 0 aliphatic heterocycles. The number of nitrogen functional groups attached to an aromatic ring is 1. The lowest BCUT2D eigenvalue weighted by atomic mass is 10.1. The molecule has 0 atom stereocenters. The smallest absolute Gasteiger partial charge is 0.336 e. The Morgan fingerprint density at radius 2 is 2.24 bits per heavy atom. The van der Waals surface area contributed by atoms with Gasteiger partial charge in [0.25, 0.3) is 5.95 Å². The summed E-state index contributed by atoms with van der Waals surface area (Å²) in [5.74, 6) is -1.01. The third-order valence-electron chi connectivity index (χ3n) is 1.97. The molecule has 0 radical (unpaired) electrons. The molecule has 2 rings (SSSR count). The normalized spacial score (nSPS) is 10.8. The molecule has 0 spiro atoms. The molecule has 0 fully saturated rings. The summed E-state index contributed by atoms with van der Waals surface area (Å²) in [6.07, 6.45) is 1.33. The van der Waals surface area contributed by atoms with Crippen molar-refractivity contribution in [1.82, 2.24) is 20.3 Å². The number of anilines is 1. The van der Waals surface area contributed by atoms with E-state index in [4.69, 9.17) is 10.8 Å². The van der Waals surface area contributed by atoms with Crippen molar-refractivity contribution in [2.24, 2.45) is 5.10 Å². The highest BCUT2D eigenvalue weighted by molar-refractivity contribution is 5.98. The Kier molecular flexibility index (Phi) is 2.77. The van der Waals surface area contributed by atoms with Gasteiger partial charge >= 0.3 is 5.97 Å². The largest absolute Gasteiger partial charge is 0.478 e. The molecule has 0 unspecified atom stereocenters. The lowest BCUT2D eigenvalue weighted by Gasteiger charge is -1.98. The summed E-state index contributed by atoms with van der Waals surface area (Å²) < 4.78 is 0. The SMILES string of the molecule is Nc1nnnn1N=Cc1ccccc1C(=O)O. The van der Waals surface area contributed by atoms with Gasteiger partial charge in [-0.05, 0) is 16.5 Å². The van der Waals surface area contributed by atoms with Crippen LogP contribution in [-0.2, 0) is 0 Å². The van der Waals surface area contributed by atoms with Crippen LogP contribution in [0.4, 0.5) is 5.95 Å². The number of aromatic nitrogens is 4. The van der Waals surface area contributed by atoms with Crippen molar-refractivity contribution >= 4 is 18.1 Å². The number of rotatable bonds is 3. The van der Waals surface area contributed by atoms with Gasteiger partial charge in [-0.3, -0.25) is 0 Å². The molecule has 1 aromatic carbocycles. The Morgan fingerprint density at radius 3 is 2.88 bits per heavy atom. The van der Waals surface area contributed by atoms with Crippen LogP contribution in [-0.4, -0.2) is 37.6 Å². The fourth-order valence-corrected chi connectivity index (χ4v) is 1.19. The second-order valence-electron chi connectivity index (χ2n) is 3.06. The van der Waals surface area contributed by atoms with Crippen LogP contribution in [0.15, 0.2) is 29.4 Å². The Balaban J connectivity index is 2.33. The average Bonchev–Trinajstić information content (AvgIpc) is 2.72. The minimum absolute atomic E-state index is 0.0223. The van der Waals surface area contributed by atoms with Gasteiger partial charge in [0.15, 0.2) is 0 Å². The molecule has 2 aromatic rings. The van der Waals surface area contributed by atoms with E-state index >= 15 is 0 Å². The van der Waals surface area contributed by atoms with Crippen LogP contribution >= 0.6 is 0 Å². The molecule has 0 amide bonds. The van der Waals surface area contributed by atoms with Crippen molar-refractivity contribution in [3.05, 3.63) is 35.4 Å². The highest BCUT2D eigenvalue weighted by Crippen LogP contribution is 2.06. The van der Waals surface area contributed by atoms with Crippen molar-refractivity contribution < 1.29 is 9.90 Å². The van der Waals surface area contributed by atoms with E-state index in [1.165, 1.54) is 12.3 Å². The van der Waals surface area contributed by atoms with Gasteiger partial charge in [-0.15, -0.1) is 0 Å². The zero-order valence-corrected chi connectivity index (χ0v) is 8.56. The molecular formula is C9H8N6O2. The fourth-order valence-electron chi connectivity index (χ4n) is 1.19. The van der Waals surface area contributed by atoms with Crippen LogP contribution in [0.1, 0.15) is 15.9 Å². The van der Waals surface area contributed by atoms with Gasteiger partial charge in [-0.1, -0.05) is 28.1 Å². The number of nitrogens with two attached hydrogens (primary N) is 1. The Morgan fingerprint density at radius 1 is 1.47 bits per heavy atom. The first-order chi connectivity index (χ1) is 8.18. The zero-order valence-electron chi connectivity index (χ0n) is 8.56. The Bertz CT molecular complexity index is 576. The second-order valence-corrected chi connectivity index (χ2v) is 3.06. The first-order valence-electron chi connectivity index (χ1n) is 4.59. The number of aromatic carboxylic acids is 1. The second kappa shape index (κ2) is 4.39. The van der Waals surface area contributed by atoms with Gasteiger partial charge < -0.3 is 10.8 Å². The summed E-state index contributed by atoms with van der Waals surface area (Å²) in [5.41, 5.74) is 5.98. The van der Waals surface area contributed by atoms with Crippen LogP contribution in [0.2, 0.25) is 0 Å². The van der Waals surface area contributed by atoms with Crippen LogP contribution in [0.5, 0.6) is 0 Å². The monoisotopic (exact) mass is 232 g/mol. The number of benzene rings is 1. The summed E-state index contributed by atoms with van der Waals surface area (Å²) in [6.45, 7) is 0. The lowest BCUT2D eigenvalue weighted by Crippen LogP contribution is -2.03. The molecule has 86 valence electrons. The molecule has 17 heavy (non-hydrogen) atoms. The maximum Gasteiger partial charge on any atom is 0.336 e. The van der Waals surface area contributed by atoms with Crippen LogP contribution in [0, 0.1) is 0 Å². The standard InChI is InChI=1S/C9H8N6O2/c10-9-12-13-14-15(9)11-5-6-3-1-2-4-7(6)8(16)17/h1-5H,(H,16,17)(H2,10,12,14). The summed E-state index contributed by atoms with van der Waals surface area (Å²) in [7, 11) is 0. The predicted octanol–water partition coefficient (Wildman–Crippen LogP) is -0.164. The predicted molar refractivity (Wildman–Crippen MR) is 58.6 cm³/mol. The first-order valence-corrected chi connectivity index (χ1v) is 4.59. The van der Waals surface area contributed by atoms with Gasteiger partial charge in [0.1, 0.15) is 0 Å². The molecule has 0 saturated heterocycles. The maximum atomic E-state index is 10.9. The van der Waals surface area contributed by atoms with Crippen molar-refractivity contribution in [3.63, 3.8) is 0 Å². The van der Waals surface area contributed by atoms with E-state index in [-0.39, 0.29) is 11.5 Å². The number of carboxylic acids is 1. The van der Waals surface area contributed by atoms with Crippen molar-refractivity contribution in [2.75, 3.05) is 5.73 Å². The van der Waals surface area contributed by atoms with Gasteiger partial charge in [0.2, 0.25) is 0 Å². The zero-order chi connectivity index (χ0) is 12.3. The van der Waals surface area contributed by atoms with E-state index in [0.29, 0.717) is 5.56 Å². The van der Waals surface area contributed by atoms with E-state index in [0.717, 1.165) is 4.79 Å². The third-order valence-corrected chi connectivity index (χ3v) is 1.97. The number of tetrazole rings is 1. The Labute approximate surface area is 95.4 Å². The summed E-state index contributed by atoms with van der Waals surface area (Å²) in [6, 6.07) is 6.43. The van der Waals surface area contributed by atoms with Gasteiger partial charge in [-0.25, -0.2) is 4.79 Å². The highest BCUT2D eigenvalue weighted by atomic mass is 16.4. The molecule has 0 bridgehead atoms. The Hall–Kier alpha value is -2.77. The number of carbonyl (C=O) groups is 1. The van der Waals surface area contributed by atoms with E-state index in [1.54, 1.807) is 18.2 Å². The highest BCUT2D eigenvalue weighted by Gasteiger charge is 2.07. The summed E-state index contributed by atoms with van der Waals surface area (Å²) >= 11 is 0. The topological polar surface area (TPSA) is 119 Å². The maximum absolute atomic E-state index is 10.9. The van der Waals surface area contributed by atoms with E-state index in [9.17, 15) is 4.79 Å². The van der Waals surface area contributed by atoms with E-state index in [2.05, 4.69) is 20.6 Å². The number of carboxylic acid groups (broad SMARTS) is 1. The van der Waals surface area contributed by atoms with Crippen molar-refractivity contribution in [1.29, 1.82) is 0 Å². The fraction of sp³-hybridized carbons (Fsp3) is 0. The van der Waals surface area contributed by atoms with Crippen molar-refractivity contribution in [2.45, 2.75) is 0 Å². The molecule has 8 nitrogen and oxygen atoms in total. The third kappa shape index (κ3) is 2.25. The molecule has 3 N–H and O–H groups in total. The van der Waals surface area contributed by atoms with Crippen molar-refractivity contribution in [3.8, 4) is 0 Å². The van der Waals surface area contributed by atoms with E-state index in [1.807, 2.05) is 0 Å². The summed E-state index contributed by atoms with van der Waals surface area (Å²) in [4.78, 5) is 11.9. The molecule has 0 aliphatic carbocycles. The van der Waals surface area contributed by atoms with E-state index < -0.39 is 5.97 Å². The summed E-state index contributed by atoms with van der Waals surface area (Å²) in [5, 5.41) is 23.0. The lowest BCUT2D eigenvalue weighted by molar-refractivity contribution is 0.0697. The molecule has 8 heteroatoms. The molecule has 0 saturated carbocycles. The molecular weight excluding hydrogens is 224 g/mol. The number of hydrogen-bond acceptors (Lipinski definition) is 6. The number of nitrogens with zero attached hydrogens (tertiary/aromatic N) is 5. The average molecular weight is 232 g/mol. The van der Waals surface area contributed by atoms with Crippen LogP contribution < -0.4 is 5.73 Å². The number of hydrogen-bond donors (Lipinski definition) is 2.